The van der Waals surface area contributed by atoms with E-state index >= 15 is 0 Å². The first kappa shape index (κ1) is 39.3. The van der Waals surface area contributed by atoms with Crippen LogP contribution in [-0.4, -0.2) is 87.2 Å². The maximum absolute atomic E-state index is 14.0. The lowest BCUT2D eigenvalue weighted by Gasteiger charge is -2.27. The summed E-state index contributed by atoms with van der Waals surface area (Å²) in [5.41, 5.74) is 2.50. The number of furan rings is 1. The number of ether oxygens (including phenoxy) is 5. The van der Waals surface area contributed by atoms with Crippen molar-refractivity contribution in [2.75, 3.05) is 37.7 Å². The molecule has 0 spiro atoms. The van der Waals surface area contributed by atoms with E-state index in [9.17, 15) is 19.7 Å². The van der Waals surface area contributed by atoms with E-state index in [1.807, 2.05) is 68.1 Å². The number of non-ortho nitro benzene ring substituents is 1. The summed E-state index contributed by atoms with van der Waals surface area (Å²) in [6.45, 7) is 7.81. The summed E-state index contributed by atoms with van der Waals surface area (Å²) in [5.74, 6) is 0.0705. The second-order valence-corrected chi connectivity index (χ2v) is 15.5. The maximum Gasteiger partial charge on any atom is 0.513 e. The molecule has 0 aliphatic carbocycles. The molecule has 17 nitrogen and oxygen atoms in total. The minimum absolute atomic E-state index is 0.0465. The zero-order chi connectivity index (χ0) is 41.1. The van der Waals surface area contributed by atoms with Gasteiger partial charge < -0.3 is 38.3 Å². The molecule has 3 aromatic carbocycles. The lowest BCUT2D eigenvalue weighted by Crippen LogP contribution is -2.41. The minimum atomic E-state index is -0.930. The van der Waals surface area contributed by atoms with Crippen LogP contribution in [0.25, 0.3) is 33.1 Å². The molecule has 0 amide bonds. The Kier molecular flexibility index (Phi) is 11.2. The molecule has 2 fully saturated rings. The topological polar surface area (TPSA) is 195 Å². The van der Waals surface area contributed by atoms with Gasteiger partial charge in [-0.2, -0.15) is 15.0 Å². The summed E-state index contributed by atoms with van der Waals surface area (Å²) < 4.78 is 37.7. The van der Waals surface area contributed by atoms with E-state index in [-0.39, 0.29) is 43.2 Å². The highest BCUT2D eigenvalue weighted by Gasteiger charge is 2.43. The predicted molar refractivity (Wildman–Crippen MR) is 216 cm³/mol. The Hall–Kier alpha value is -6.49. The maximum atomic E-state index is 14.0. The van der Waals surface area contributed by atoms with Crippen molar-refractivity contribution in [2.45, 2.75) is 76.7 Å². The number of imidazole rings is 1. The van der Waals surface area contributed by atoms with Gasteiger partial charge in [0.25, 0.3) is 11.7 Å². The van der Waals surface area contributed by atoms with Gasteiger partial charge in [0.1, 0.15) is 34.6 Å². The molecule has 59 heavy (non-hydrogen) atoms. The lowest BCUT2D eigenvalue weighted by molar-refractivity contribution is -0.384. The molecule has 0 saturated carbocycles. The normalized spacial score (nSPS) is 17.4. The van der Waals surface area contributed by atoms with E-state index in [2.05, 4.69) is 16.0 Å². The second-order valence-electron chi connectivity index (χ2n) is 15.5. The van der Waals surface area contributed by atoms with Crippen LogP contribution in [0.15, 0.2) is 77.2 Å². The Morgan fingerprint density at radius 3 is 2.47 bits per heavy atom. The number of hydrogen-bond acceptors (Lipinski definition) is 15. The molecule has 2 atom stereocenters. The van der Waals surface area contributed by atoms with Crippen LogP contribution in [0.2, 0.25) is 0 Å². The third-order valence-corrected chi connectivity index (χ3v) is 10.1. The quantitative estimate of drug-likeness (QED) is 0.0401. The number of carbonyl (C=O) groups excluding carboxylic acids is 2. The van der Waals surface area contributed by atoms with E-state index in [4.69, 9.17) is 43.1 Å². The third kappa shape index (κ3) is 8.84. The molecule has 308 valence electrons. The molecule has 2 aliphatic heterocycles. The van der Waals surface area contributed by atoms with Gasteiger partial charge in [-0.15, -0.1) is 0 Å². The number of piperidine rings is 1. The van der Waals surface area contributed by atoms with Crippen molar-refractivity contribution >= 4 is 56.7 Å². The van der Waals surface area contributed by atoms with E-state index in [1.54, 1.807) is 0 Å². The predicted octanol–water partition coefficient (Wildman–Crippen LogP) is 7.30. The monoisotopic (exact) mass is 807 g/mol. The van der Waals surface area contributed by atoms with Crippen molar-refractivity contribution in [1.29, 1.82) is 0 Å². The molecule has 2 aliphatic rings. The molecule has 3 aromatic heterocycles. The fourth-order valence-corrected chi connectivity index (χ4v) is 7.48. The van der Waals surface area contributed by atoms with Crippen LogP contribution in [-0.2, 0) is 14.3 Å². The van der Waals surface area contributed by atoms with Crippen molar-refractivity contribution in [3.8, 4) is 17.8 Å². The Bertz CT molecular complexity index is 2470. The smallest absolute Gasteiger partial charge is 0.463 e. The second kappa shape index (κ2) is 16.8. The number of nitro groups is 1. The number of carbonyl (C=O) groups is 2. The van der Waals surface area contributed by atoms with Gasteiger partial charge in [-0.25, -0.2) is 9.59 Å². The van der Waals surface area contributed by atoms with Gasteiger partial charge in [0.2, 0.25) is 0 Å². The molecule has 2 saturated heterocycles. The Labute approximate surface area is 338 Å². The Morgan fingerprint density at radius 2 is 1.69 bits per heavy atom. The van der Waals surface area contributed by atoms with Gasteiger partial charge in [-0.05, 0) is 95.9 Å². The van der Waals surface area contributed by atoms with Gasteiger partial charge in [-0.3, -0.25) is 14.7 Å². The SMILES string of the molecule is CC(C)(C)OC(=O)[C@@H]1C[C@H](Oc2nc3ccccc3n2C2CCNCC2)CN1c1nc(OCCCCOC(=O)Oc2ccc([N+](=O)[O-])cc2)nc2c1oc1ccccc12. The first-order valence-corrected chi connectivity index (χ1v) is 19.8. The van der Waals surface area contributed by atoms with E-state index in [0.29, 0.717) is 47.8 Å². The van der Waals surface area contributed by atoms with E-state index in [1.165, 1.54) is 24.3 Å². The standard InChI is InChI=1S/C42H45N7O10/c1-42(2,3)59-38(50)33-24-29(56-40-44-31-11-5-6-12-32(31)48(40)26-18-20-43-21-19-26)25-47(33)37-36-35(30-10-4-7-13-34(30)58-36)45-39(46-37)54-22-8-9-23-55-41(51)57-28-16-14-27(15-17-28)49(52)53/h4-7,10-17,26,29,33,43H,8-9,18-25H2,1-3H3/t29-,33-/m0/s1. The molecular formula is C42H45N7O10. The highest BCUT2D eigenvalue weighted by molar-refractivity contribution is 6.06. The number of para-hydroxylation sites is 3. The molecule has 17 heteroatoms. The molecule has 0 radical (unpaired) electrons. The minimum Gasteiger partial charge on any atom is -0.463 e. The summed E-state index contributed by atoms with van der Waals surface area (Å²) in [6, 6.07) is 20.7. The number of nitrogens with zero attached hydrogens (tertiary/aromatic N) is 6. The molecule has 0 unspecified atom stereocenters. The van der Waals surface area contributed by atoms with Gasteiger partial charge >= 0.3 is 18.1 Å². The number of esters is 1. The number of benzene rings is 3. The fraction of sp³-hybridized carbons (Fsp3) is 0.405. The fourth-order valence-electron chi connectivity index (χ4n) is 7.48. The number of aromatic nitrogens is 4. The molecular weight excluding hydrogens is 763 g/mol. The van der Waals surface area contributed by atoms with Gasteiger partial charge in [-0.1, -0.05) is 24.3 Å². The van der Waals surface area contributed by atoms with Crippen molar-refractivity contribution in [3.05, 3.63) is 82.9 Å². The molecule has 8 rings (SSSR count). The van der Waals surface area contributed by atoms with Crippen molar-refractivity contribution in [1.82, 2.24) is 24.8 Å². The van der Waals surface area contributed by atoms with Crippen LogP contribution in [0.3, 0.4) is 0 Å². The number of fused-ring (bicyclic) bond motifs is 4. The highest BCUT2D eigenvalue weighted by atomic mass is 16.7. The summed E-state index contributed by atoms with van der Waals surface area (Å²) >= 11 is 0. The zero-order valence-electron chi connectivity index (χ0n) is 33.0. The van der Waals surface area contributed by atoms with Crippen molar-refractivity contribution < 1.29 is 42.6 Å². The molecule has 1 N–H and O–H groups in total. The average molecular weight is 808 g/mol. The van der Waals surface area contributed by atoms with Gasteiger partial charge in [0.15, 0.2) is 11.4 Å². The Morgan fingerprint density at radius 1 is 0.949 bits per heavy atom. The van der Waals surface area contributed by atoms with Crippen LogP contribution in [0.5, 0.6) is 17.8 Å². The largest absolute Gasteiger partial charge is 0.513 e. The van der Waals surface area contributed by atoms with Gasteiger partial charge in [0.05, 0.1) is 35.7 Å². The lowest BCUT2D eigenvalue weighted by atomic mass is 10.1. The highest BCUT2D eigenvalue weighted by Crippen LogP contribution is 2.39. The van der Waals surface area contributed by atoms with Crippen LogP contribution in [0.4, 0.5) is 16.3 Å². The molecule has 0 bridgehead atoms. The summed E-state index contributed by atoms with van der Waals surface area (Å²) in [5, 5.41) is 15.1. The number of nitro benzene ring substituents is 1. The number of anilines is 1. The zero-order valence-corrected chi connectivity index (χ0v) is 33.0. The number of nitrogens with one attached hydrogen (secondary N) is 1. The average Bonchev–Trinajstić information content (AvgIpc) is 3.92. The number of rotatable bonds is 13. The van der Waals surface area contributed by atoms with Crippen molar-refractivity contribution in [2.24, 2.45) is 0 Å². The first-order valence-electron chi connectivity index (χ1n) is 19.8. The van der Waals surface area contributed by atoms with Crippen LogP contribution in [0.1, 0.15) is 58.9 Å². The number of unbranched alkanes of at least 4 members (excludes halogenated alkanes) is 1. The van der Waals surface area contributed by atoms with E-state index in [0.717, 1.165) is 42.4 Å². The van der Waals surface area contributed by atoms with E-state index < -0.39 is 34.8 Å². The summed E-state index contributed by atoms with van der Waals surface area (Å²) in [4.78, 5) is 52.9. The van der Waals surface area contributed by atoms with Crippen LogP contribution < -0.4 is 24.4 Å². The van der Waals surface area contributed by atoms with Crippen LogP contribution >= 0.6 is 0 Å². The first-order chi connectivity index (χ1) is 28.5. The number of hydrogen-bond donors (Lipinski definition) is 1. The van der Waals surface area contributed by atoms with Crippen LogP contribution in [0, 0.1) is 10.1 Å². The summed E-state index contributed by atoms with van der Waals surface area (Å²) in [6.07, 6.45) is 1.70. The molecule has 6 aromatic rings. The van der Waals surface area contributed by atoms with Crippen molar-refractivity contribution in [3.63, 3.8) is 0 Å². The van der Waals surface area contributed by atoms with Gasteiger partial charge in [0, 0.05) is 30.0 Å². The third-order valence-electron chi connectivity index (χ3n) is 10.1. The summed E-state index contributed by atoms with van der Waals surface area (Å²) in [7, 11) is 0. The molecule has 5 heterocycles. The Balaban J connectivity index is 1.02.